The van der Waals surface area contributed by atoms with Crippen LogP contribution in [0.3, 0.4) is 0 Å². The summed E-state index contributed by atoms with van der Waals surface area (Å²) in [5.41, 5.74) is 7.34. The van der Waals surface area contributed by atoms with Crippen molar-refractivity contribution in [2.24, 2.45) is 5.92 Å². The zero-order chi connectivity index (χ0) is 25.9. The number of imidazole rings is 1. The predicted octanol–water partition coefficient (Wildman–Crippen LogP) is 6.95. The van der Waals surface area contributed by atoms with Crippen LogP contribution in [-0.4, -0.2) is 43.2 Å². The topological polar surface area (TPSA) is 98.4 Å². The molecule has 5 aromatic rings. The third kappa shape index (κ3) is 4.98. The lowest BCUT2D eigenvalue weighted by atomic mass is 9.92. The summed E-state index contributed by atoms with van der Waals surface area (Å²) in [5.74, 6) is 1.95. The molecule has 0 bridgehead atoms. The Kier molecular flexibility index (Phi) is 6.77. The van der Waals surface area contributed by atoms with Gasteiger partial charge in [-0.2, -0.15) is 0 Å². The minimum atomic E-state index is 0.542. The van der Waals surface area contributed by atoms with Gasteiger partial charge in [0.1, 0.15) is 0 Å². The normalized spacial score (nSPS) is 14.3. The Morgan fingerprint density at radius 2 is 1.74 bits per heavy atom. The van der Waals surface area contributed by atoms with Crippen LogP contribution < -0.4 is 10.2 Å². The lowest BCUT2D eigenvalue weighted by Crippen LogP contribution is -2.39. The van der Waals surface area contributed by atoms with Crippen LogP contribution in [0.1, 0.15) is 46.0 Å². The predicted molar refractivity (Wildman–Crippen MR) is 153 cm³/mol. The van der Waals surface area contributed by atoms with E-state index in [1.807, 2.05) is 30.3 Å². The number of H-pyrrole nitrogens is 2. The van der Waals surface area contributed by atoms with E-state index in [4.69, 9.17) is 4.98 Å². The Morgan fingerprint density at radius 3 is 2.50 bits per heavy atom. The van der Waals surface area contributed by atoms with Crippen molar-refractivity contribution >= 4 is 28.4 Å². The molecule has 0 amide bonds. The zero-order valence-corrected chi connectivity index (χ0v) is 22.0. The van der Waals surface area contributed by atoms with Crippen molar-refractivity contribution in [2.75, 3.05) is 16.8 Å². The summed E-state index contributed by atoms with van der Waals surface area (Å²) in [6.07, 6.45) is 6.40. The maximum absolute atomic E-state index is 4.83. The fourth-order valence-corrected chi connectivity index (χ4v) is 5.64. The quantitative estimate of drug-likeness (QED) is 0.211. The van der Waals surface area contributed by atoms with Crippen LogP contribution in [0.2, 0.25) is 0 Å². The molecule has 0 saturated heterocycles. The van der Waals surface area contributed by atoms with Crippen molar-refractivity contribution in [3.63, 3.8) is 0 Å². The standard InChI is InChI=1S/C30H34N8/c1-20(2)19-38(22-10-4-3-5-11-22)28-17-16-21(23-12-6-7-13-24(23)29-34-36-37-35-29)18-27(28)33-30-31-25-14-8-9-15-26(25)32-30/h6-9,12-18,20,22H,3-5,10-11,19H2,1-2H3,(H2,31,32,33)(H,34,35,36,37). The number of aromatic nitrogens is 6. The first-order valence-electron chi connectivity index (χ1n) is 13.6. The first kappa shape index (κ1) is 24.2. The van der Waals surface area contributed by atoms with Crippen LogP contribution in [-0.2, 0) is 0 Å². The van der Waals surface area contributed by atoms with Crippen LogP contribution in [0.5, 0.6) is 0 Å². The Balaban J connectivity index is 1.46. The minimum absolute atomic E-state index is 0.542. The molecule has 1 aliphatic rings. The summed E-state index contributed by atoms with van der Waals surface area (Å²) in [7, 11) is 0. The molecule has 0 spiro atoms. The largest absolute Gasteiger partial charge is 0.367 e. The Bertz CT molecular complexity index is 1470. The average Bonchev–Trinajstić information content (AvgIpc) is 3.62. The minimum Gasteiger partial charge on any atom is -0.367 e. The van der Waals surface area contributed by atoms with Gasteiger partial charge in [0.2, 0.25) is 5.95 Å². The molecule has 194 valence electrons. The maximum Gasteiger partial charge on any atom is 0.205 e. The summed E-state index contributed by atoms with van der Waals surface area (Å²) >= 11 is 0. The van der Waals surface area contributed by atoms with Crippen molar-refractivity contribution in [1.82, 2.24) is 30.6 Å². The molecule has 6 rings (SSSR count). The Morgan fingerprint density at radius 1 is 0.947 bits per heavy atom. The number of anilines is 3. The van der Waals surface area contributed by atoms with E-state index >= 15 is 0 Å². The van der Waals surface area contributed by atoms with Gasteiger partial charge in [-0.15, -0.1) is 5.10 Å². The second-order valence-electron chi connectivity index (χ2n) is 10.6. The van der Waals surface area contributed by atoms with E-state index in [-0.39, 0.29) is 0 Å². The zero-order valence-electron chi connectivity index (χ0n) is 22.0. The molecule has 1 aliphatic carbocycles. The van der Waals surface area contributed by atoms with Crippen LogP contribution >= 0.6 is 0 Å². The van der Waals surface area contributed by atoms with Crippen molar-refractivity contribution in [3.8, 4) is 22.5 Å². The van der Waals surface area contributed by atoms with Crippen molar-refractivity contribution < 1.29 is 0 Å². The highest BCUT2D eigenvalue weighted by Crippen LogP contribution is 2.39. The van der Waals surface area contributed by atoms with Gasteiger partial charge < -0.3 is 15.2 Å². The number of aromatic amines is 2. The van der Waals surface area contributed by atoms with Gasteiger partial charge in [0.15, 0.2) is 5.82 Å². The third-order valence-corrected chi connectivity index (χ3v) is 7.36. The highest BCUT2D eigenvalue weighted by Gasteiger charge is 2.25. The third-order valence-electron chi connectivity index (χ3n) is 7.36. The molecule has 8 heteroatoms. The number of fused-ring (bicyclic) bond motifs is 1. The number of hydrogen-bond donors (Lipinski definition) is 3. The van der Waals surface area contributed by atoms with E-state index in [1.54, 1.807) is 0 Å². The molecule has 0 unspecified atom stereocenters. The van der Waals surface area contributed by atoms with Crippen molar-refractivity contribution in [2.45, 2.75) is 52.0 Å². The number of nitrogens with one attached hydrogen (secondary N) is 3. The lowest BCUT2D eigenvalue weighted by molar-refractivity contribution is 0.401. The molecule has 2 heterocycles. The smallest absolute Gasteiger partial charge is 0.205 e. The number of para-hydroxylation sites is 2. The van der Waals surface area contributed by atoms with Crippen molar-refractivity contribution in [1.29, 1.82) is 0 Å². The fourth-order valence-electron chi connectivity index (χ4n) is 5.64. The van der Waals surface area contributed by atoms with Crippen molar-refractivity contribution in [3.05, 3.63) is 66.7 Å². The van der Waals surface area contributed by atoms with Gasteiger partial charge in [-0.1, -0.05) is 75.6 Å². The summed E-state index contributed by atoms with van der Waals surface area (Å²) in [6.45, 7) is 5.62. The van der Waals surface area contributed by atoms with Gasteiger partial charge in [0.05, 0.1) is 22.4 Å². The van der Waals surface area contributed by atoms with E-state index < -0.39 is 0 Å². The van der Waals surface area contributed by atoms with Gasteiger partial charge in [-0.25, -0.2) is 10.1 Å². The Labute approximate surface area is 222 Å². The highest BCUT2D eigenvalue weighted by atomic mass is 15.5. The van der Waals surface area contributed by atoms with Crippen LogP contribution in [0.15, 0.2) is 66.7 Å². The van der Waals surface area contributed by atoms with Gasteiger partial charge in [0.25, 0.3) is 0 Å². The second kappa shape index (κ2) is 10.7. The van der Waals surface area contributed by atoms with E-state index in [2.05, 4.69) is 86.1 Å². The molecule has 3 N–H and O–H groups in total. The number of tetrazole rings is 1. The summed E-state index contributed by atoms with van der Waals surface area (Å²) in [6, 6.07) is 23.6. The van der Waals surface area contributed by atoms with E-state index in [9.17, 15) is 0 Å². The van der Waals surface area contributed by atoms with Gasteiger partial charge in [-0.3, -0.25) is 0 Å². The Hall–Kier alpha value is -4.20. The molecule has 0 aliphatic heterocycles. The monoisotopic (exact) mass is 506 g/mol. The number of hydrogen-bond acceptors (Lipinski definition) is 6. The number of benzene rings is 3. The lowest BCUT2D eigenvalue weighted by Gasteiger charge is -2.38. The van der Waals surface area contributed by atoms with Gasteiger partial charge in [-0.05, 0) is 64.6 Å². The molecule has 8 nitrogen and oxygen atoms in total. The second-order valence-corrected chi connectivity index (χ2v) is 10.6. The number of nitrogens with zero attached hydrogens (tertiary/aromatic N) is 5. The summed E-state index contributed by atoms with van der Waals surface area (Å²) in [4.78, 5) is 10.9. The maximum atomic E-state index is 4.83. The summed E-state index contributed by atoms with van der Waals surface area (Å²) in [5, 5.41) is 18.3. The van der Waals surface area contributed by atoms with Gasteiger partial charge in [0, 0.05) is 18.2 Å². The first-order chi connectivity index (χ1) is 18.7. The molecular formula is C30H34N8. The molecule has 0 radical (unpaired) electrons. The van der Waals surface area contributed by atoms with E-state index in [0.29, 0.717) is 17.8 Å². The average molecular weight is 507 g/mol. The van der Waals surface area contributed by atoms with E-state index in [1.165, 1.54) is 37.8 Å². The molecule has 38 heavy (non-hydrogen) atoms. The SMILES string of the molecule is CC(C)CN(c1ccc(-c2ccccc2-c2nnn[nH]2)cc1Nc1nc2ccccc2[nH]1)C1CCCCC1. The fraction of sp³-hybridized carbons (Fsp3) is 0.333. The molecule has 1 fully saturated rings. The molecule has 3 aromatic carbocycles. The molecule has 2 aromatic heterocycles. The molecule has 0 atom stereocenters. The van der Waals surface area contributed by atoms with Gasteiger partial charge >= 0.3 is 0 Å². The van der Waals surface area contributed by atoms with E-state index in [0.717, 1.165) is 45.9 Å². The van der Waals surface area contributed by atoms with Crippen LogP contribution in [0.4, 0.5) is 17.3 Å². The molecule has 1 saturated carbocycles. The number of rotatable bonds is 8. The van der Waals surface area contributed by atoms with Crippen LogP contribution in [0, 0.1) is 5.92 Å². The first-order valence-corrected chi connectivity index (χ1v) is 13.6. The molecular weight excluding hydrogens is 472 g/mol. The summed E-state index contributed by atoms with van der Waals surface area (Å²) < 4.78 is 0. The highest BCUT2D eigenvalue weighted by molar-refractivity contribution is 5.87. The van der Waals surface area contributed by atoms with Crippen LogP contribution in [0.25, 0.3) is 33.5 Å².